The highest BCUT2D eigenvalue weighted by Gasteiger charge is 2.53. The smallest absolute Gasteiger partial charge is 0.352 e. The van der Waals surface area contributed by atoms with Crippen LogP contribution in [0.5, 0.6) is 5.75 Å². The normalized spacial score (nSPS) is 27.8. The number of nitrogens with zero attached hydrogens (tertiary/aromatic N) is 3. The van der Waals surface area contributed by atoms with Gasteiger partial charge in [-0.25, -0.2) is 4.79 Å². The molecule has 1 aromatic rings. The molecule has 222 valence electrons. The van der Waals surface area contributed by atoms with Gasteiger partial charge in [0.1, 0.15) is 18.0 Å². The van der Waals surface area contributed by atoms with E-state index in [1.807, 2.05) is 24.8 Å². The van der Waals surface area contributed by atoms with Crippen LogP contribution in [0.4, 0.5) is 4.53 Å². The molecule has 0 aromatic heterocycles. The predicted octanol–water partition coefficient (Wildman–Crippen LogP) is 4.95. The number of benzene rings is 1. The maximum Gasteiger partial charge on any atom is 0.352 e. The van der Waals surface area contributed by atoms with E-state index in [2.05, 4.69) is 10.1 Å². The molecule has 2 amide bonds. The summed E-state index contributed by atoms with van der Waals surface area (Å²) in [6.07, 6.45) is 6.12. The van der Waals surface area contributed by atoms with Crippen molar-refractivity contribution in [1.29, 1.82) is 0 Å². The van der Waals surface area contributed by atoms with Crippen molar-refractivity contribution in [2.75, 3.05) is 26.2 Å². The zero-order valence-corrected chi connectivity index (χ0v) is 24.4. The lowest BCUT2D eigenvalue weighted by atomic mass is 9.77. The first-order chi connectivity index (χ1) is 19.6. The van der Waals surface area contributed by atoms with Gasteiger partial charge in [0.15, 0.2) is 0 Å². The summed E-state index contributed by atoms with van der Waals surface area (Å²) >= 11 is 6.72. The van der Waals surface area contributed by atoms with Crippen LogP contribution in [-0.2, 0) is 30.6 Å². The second-order valence-corrected chi connectivity index (χ2v) is 13.5. The van der Waals surface area contributed by atoms with E-state index < -0.39 is 29.4 Å². The van der Waals surface area contributed by atoms with E-state index in [1.54, 1.807) is 11.0 Å². The molecule has 3 fully saturated rings. The van der Waals surface area contributed by atoms with Crippen molar-refractivity contribution in [3.63, 3.8) is 0 Å². The van der Waals surface area contributed by atoms with Gasteiger partial charge in [-0.1, -0.05) is 29.6 Å². The minimum atomic E-state index is -0.989. The number of carbonyl (C=O) groups is 3. The molecule has 3 unspecified atom stereocenters. The molecule has 0 radical (unpaired) electrons. The monoisotopic (exact) mass is 589 g/mol. The molecule has 11 heteroatoms. The number of carbonyl (C=O) groups excluding carboxylic acids is 3. The molecule has 3 heterocycles. The fraction of sp³-hybridized carbons (Fsp3) is 0.667. The molecular formula is C30H37ClFN3O6. The molecule has 0 bridgehead atoms. The van der Waals surface area contributed by atoms with Crippen LogP contribution < -0.4 is 4.74 Å². The van der Waals surface area contributed by atoms with Crippen molar-refractivity contribution in [3.8, 4) is 5.75 Å². The molecule has 1 saturated heterocycles. The summed E-state index contributed by atoms with van der Waals surface area (Å²) < 4.78 is 19.3. The zero-order chi connectivity index (χ0) is 28.9. The second kappa shape index (κ2) is 10.7. The van der Waals surface area contributed by atoms with Gasteiger partial charge in [-0.05, 0) is 69.1 Å². The van der Waals surface area contributed by atoms with Crippen molar-refractivity contribution < 1.29 is 33.4 Å². The molecule has 41 heavy (non-hydrogen) atoms. The molecule has 1 spiro atoms. The minimum absolute atomic E-state index is 0.0594. The SMILES string of the molecule is CC1(C)CC(COc2ccc(Cl)c3c2C(CN2CC4(CC4)CC2=O)N(C(=O)C2CCCCC2C(=O)OF)CC3)=NO1. The number of amides is 2. The number of fused-ring (bicyclic) bond motifs is 1. The van der Waals surface area contributed by atoms with E-state index in [4.69, 9.17) is 21.2 Å². The van der Waals surface area contributed by atoms with Gasteiger partial charge >= 0.3 is 5.97 Å². The standard InChI is InChI=1S/C30H37ClFN3O6/c1-29(2)13-18(33-41-29)16-39-24-8-7-22(31)21-9-12-35(27(37)19-5-3-4-6-20(19)28(38)40-32)23(26(21)24)15-34-17-30(10-11-30)14-25(34)36/h7-8,19-20,23H,3-6,9-17H2,1-2H3. The molecule has 1 aromatic carbocycles. The highest BCUT2D eigenvalue weighted by molar-refractivity contribution is 6.31. The van der Waals surface area contributed by atoms with Gasteiger partial charge in [0.2, 0.25) is 11.8 Å². The van der Waals surface area contributed by atoms with Crippen LogP contribution in [0.25, 0.3) is 0 Å². The number of likely N-dealkylation sites (tertiary alicyclic amines) is 1. The summed E-state index contributed by atoms with van der Waals surface area (Å²) in [6.45, 7) is 5.48. The summed E-state index contributed by atoms with van der Waals surface area (Å²) in [5, 5.41) is 4.76. The summed E-state index contributed by atoms with van der Waals surface area (Å²) in [6, 6.07) is 3.08. The largest absolute Gasteiger partial charge is 0.487 e. The Morgan fingerprint density at radius 1 is 1.17 bits per heavy atom. The molecule has 2 aliphatic carbocycles. The van der Waals surface area contributed by atoms with Crippen molar-refractivity contribution in [1.82, 2.24) is 9.80 Å². The van der Waals surface area contributed by atoms with Gasteiger partial charge in [0.25, 0.3) is 0 Å². The molecule has 5 aliphatic rings. The summed E-state index contributed by atoms with van der Waals surface area (Å²) in [5.74, 6) is -2.05. The topological polar surface area (TPSA) is 97.7 Å². The van der Waals surface area contributed by atoms with E-state index in [9.17, 15) is 18.9 Å². The Labute approximate surface area is 244 Å². The fourth-order valence-corrected chi connectivity index (χ4v) is 7.45. The van der Waals surface area contributed by atoms with Crippen molar-refractivity contribution in [2.24, 2.45) is 22.4 Å². The molecule has 3 aliphatic heterocycles. The quantitative estimate of drug-likeness (QED) is 0.447. The van der Waals surface area contributed by atoms with Gasteiger partial charge in [-0.3, -0.25) is 14.5 Å². The van der Waals surface area contributed by atoms with Crippen LogP contribution in [0.3, 0.4) is 0 Å². The fourth-order valence-electron chi connectivity index (χ4n) is 7.19. The Balaban J connectivity index is 1.34. The lowest BCUT2D eigenvalue weighted by Gasteiger charge is -2.43. The third-order valence-electron chi connectivity index (χ3n) is 9.52. The number of halogens is 2. The molecule has 2 saturated carbocycles. The van der Waals surface area contributed by atoms with Crippen molar-refractivity contribution in [3.05, 3.63) is 28.3 Å². The summed E-state index contributed by atoms with van der Waals surface area (Å²) in [5.41, 5.74) is 2.11. The number of ether oxygens (including phenoxy) is 1. The average molecular weight is 590 g/mol. The Kier molecular flexibility index (Phi) is 7.41. The lowest BCUT2D eigenvalue weighted by Crippen LogP contribution is -2.50. The Bertz CT molecular complexity index is 1280. The number of hydrogen-bond donors (Lipinski definition) is 0. The predicted molar refractivity (Wildman–Crippen MR) is 148 cm³/mol. The third kappa shape index (κ3) is 5.51. The first-order valence-electron chi connectivity index (χ1n) is 14.7. The zero-order valence-electron chi connectivity index (χ0n) is 23.6. The molecule has 0 N–H and O–H groups in total. The van der Waals surface area contributed by atoms with Crippen LogP contribution in [0.1, 0.15) is 82.4 Å². The van der Waals surface area contributed by atoms with E-state index in [-0.39, 0.29) is 23.8 Å². The van der Waals surface area contributed by atoms with Gasteiger partial charge in [0.05, 0.1) is 23.6 Å². The molecule has 9 nitrogen and oxygen atoms in total. The maximum absolute atomic E-state index is 14.2. The van der Waals surface area contributed by atoms with Crippen LogP contribution in [-0.4, -0.2) is 65.1 Å². The van der Waals surface area contributed by atoms with Gasteiger partial charge < -0.3 is 19.4 Å². The van der Waals surface area contributed by atoms with E-state index >= 15 is 0 Å². The van der Waals surface area contributed by atoms with Gasteiger partial charge in [-0.15, -0.1) is 0 Å². The highest BCUT2D eigenvalue weighted by atomic mass is 35.5. The first-order valence-corrected chi connectivity index (χ1v) is 15.1. The minimum Gasteiger partial charge on any atom is -0.487 e. The third-order valence-corrected chi connectivity index (χ3v) is 9.87. The van der Waals surface area contributed by atoms with E-state index in [0.29, 0.717) is 62.5 Å². The molecule has 6 rings (SSSR count). The maximum atomic E-state index is 14.2. The van der Waals surface area contributed by atoms with Crippen LogP contribution in [0, 0.1) is 17.3 Å². The van der Waals surface area contributed by atoms with Gasteiger partial charge in [0, 0.05) is 47.6 Å². The Morgan fingerprint density at radius 3 is 2.59 bits per heavy atom. The number of oxime groups is 1. The Hall–Kier alpha value is -2.88. The van der Waals surface area contributed by atoms with Crippen molar-refractivity contribution in [2.45, 2.75) is 83.3 Å². The summed E-state index contributed by atoms with van der Waals surface area (Å²) in [4.78, 5) is 52.4. The van der Waals surface area contributed by atoms with Gasteiger partial charge in [-0.2, -0.15) is 0 Å². The van der Waals surface area contributed by atoms with Crippen LogP contribution in [0.15, 0.2) is 17.3 Å². The van der Waals surface area contributed by atoms with E-state index in [0.717, 1.165) is 42.5 Å². The van der Waals surface area contributed by atoms with E-state index in [1.165, 1.54) is 0 Å². The Morgan fingerprint density at radius 2 is 1.93 bits per heavy atom. The highest BCUT2D eigenvalue weighted by Crippen LogP contribution is 2.54. The second-order valence-electron chi connectivity index (χ2n) is 13.1. The average Bonchev–Trinajstić information content (AvgIpc) is 3.51. The summed E-state index contributed by atoms with van der Waals surface area (Å²) in [7, 11) is 0. The van der Waals surface area contributed by atoms with Crippen LogP contribution >= 0.6 is 11.6 Å². The van der Waals surface area contributed by atoms with Crippen LogP contribution in [0.2, 0.25) is 5.02 Å². The van der Waals surface area contributed by atoms with Crippen molar-refractivity contribution >= 4 is 35.1 Å². The number of hydrogen-bond acceptors (Lipinski definition) is 7. The molecular weight excluding hydrogens is 553 g/mol. The lowest BCUT2D eigenvalue weighted by molar-refractivity contribution is -0.193. The number of rotatable bonds is 7. The first kappa shape index (κ1) is 28.2. The molecule has 3 atom stereocenters.